The Morgan fingerprint density at radius 1 is 0.455 bits per heavy atom. The highest BCUT2D eigenvalue weighted by molar-refractivity contribution is 6.14. The first-order chi connectivity index (χ1) is 16.3. The highest BCUT2D eigenvalue weighted by Crippen LogP contribution is 2.30. The van der Waals surface area contributed by atoms with Crippen LogP contribution in [0.25, 0.3) is 44.2 Å². The molecule has 6 rings (SSSR count). The highest BCUT2D eigenvalue weighted by Gasteiger charge is 2.11. The van der Waals surface area contributed by atoms with E-state index in [1.807, 2.05) is 48.5 Å². The Morgan fingerprint density at radius 3 is 1.88 bits per heavy atom. The van der Waals surface area contributed by atoms with E-state index in [1.165, 1.54) is 11.1 Å². The molecule has 0 radical (unpaired) electrons. The van der Waals surface area contributed by atoms with E-state index in [0.717, 1.165) is 44.2 Å². The number of nitrogens with one attached hydrogen (secondary N) is 1. The average Bonchev–Trinajstić information content (AvgIpc) is 3.27. The summed E-state index contributed by atoms with van der Waals surface area (Å²) < 4.78 is 6.02. The standard InChI is InChI=1S/C31H21NO/c32-31(26-17-18-28-27-11-4-5-12-29(27)33-30(28)20-26)25-10-6-9-24(19-25)23-15-13-22(14-16-23)21-7-2-1-3-8-21/h1-20,32H. The van der Waals surface area contributed by atoms with Crippen LogP contribution in [-0.4, -0.2) is 5.71 Å². The van der Waals surface area contributed by atoms with Gasteiger partial charge in [0.2, 0.25) is 0 Å². The summed E-state index contributed by atoms with van der Waals surface area (Å²) in [4.78, 5) is 0. The van der Waals surface area contributed by atoms with Crippen molar-refractivity contribution in [3.63, 3.8) is 0 Å². The van der Waals surface area contributed by atoms with E-state index in [0.29, 0.717) is 5.71 Å². The van der Waals surface area contributed by atoms with Crippen LogP contribution in [0.4, 0.5) is 0 Å². The minimum atomic E-state index is 0.486. The average molecular weight is 424 g/mol. The van der Waals surface area contributed by atoms with E-state index in [9.17, 15) is 0 Å². The van der Waals surface area contributed by atoms with Gasteiger partial charge in [-0.05, 0) is 46.5 Å². The van der Waals surface area contributed by atoms with Crippen LogP contribution < -0.4 is 0 Å². The van der Waals surface area contributed by atoms with Crippen molar-refractivity contribution in [2.24, 2.45) is 0 Å². The molecule has 0 bridgehead atoms. The van der Waals surface area contributed by atoms with Gasteiger partial charge < -0.3 is 4.42 Å². The summed E-state index contributed by atoms with van der Waals surface area (Å²) in [5, 5.41) is 11.0. The molecule has 33 heavy (non-hydrogen) atoms. The van der Waals surface area contributed by atoms with Gasteiger partial charge in [0, 0.05) is 21.9 Å². The van der Waals surface area contributed by atoms with Gasteiger partial charge in [-0.1, -0.05) is 97.1 Å². The van der Waals surface area contributed by atoms with E-state index in [4.69, 9.17) is 9.83 Å². The van der Waals surface area contributed by atoms with Crippen LogP contribution in [-0.2, 0) is 0 Å². The van der Waals surface area contributed by atoms with Crippen molar-refractivity contribution in [2.45, 2.75) is 0 Å². The summed E-state index contributed by atoms with van der Waals surface area (Å²) in [5.74, 6) is 0. The van der Waals surface area contributed by atoms with Crippen molar-refractivity contribution < 1.29 is 4.42 Å². The minimum Gasteiger partial charge on any atom is -0.456 e. The van der Waals surface area contributed by atoms with Crippen molar-refractivity contribution in [2.75, 3.05) is 0 Å². The molecule has 0 aliphatic carbocycles. The van der Waals surface area contributed by atoms with Crippen molar-refractivity contribution in [1.82, 2.24) is 0 Å². The first-order valence-electron chi connectivity index (χ1n) is 11.0. The SMILES string of the molecule is N=C(c1cccc(-c2ccc(-c3ccccc3)cc2)c1)c1ccc2c(c1)oc1ccccc12. The largest absolute Gasteiger partial charge is 0.456 e. The fourth-order valence-corrected chi connectivity index (χ4v) is 4.39. The fraction of sp³-hybridized carbons (Fsp3) is 0. The molecule has 0 aliphatic rings. The maximum absolute atomic E-state index is 8.84. The summed E-state index contributed by atoms with van der Waals surface area (Å²) in [6.45, 7) is 0. The lowest BCUT2D eigenvalue weighted by atomic mass is 9.96. The van der Waals surface area contributed by atoms with Crippen LogP contribution in [0.2, 0.25) is 0 Å². The number of hydrogen-bond donors (Lipinski definition) is 1. The van der Waals surface area contributed by atoms with Crippen molar-refractivity contribution in [3.8, 4) is 22.3 Å². The Balaban J connectivity index is 1.32. The molecule has 1 N–H and O–H groups in total. The molecule has 0 saturated carbocycles. The number of hydrogen-bond acceptors (Lipinski definition) is 2. The maximum atomic E-state index is 8.84. The molecule has 0 unspecified atom stereocenters. The summed E-state index contributed by atoms with van der Waals surface area (Å²) >= 11 is 0. The van der Waals surface area contributed by atoms with Gasteiger partial charge in [0.25, 0.3) is 0 Å². The molecular weight excluding hydrogens is 402 g/mol. The third kappa shape index (κ3) is 3.52. The van der Waals surface area contributed by atoms with Gasteiger partial charge in [0.05, 0.1) is 5.71 Å². The lowest BCUT2D eigenvalue weighted by Gasteiger charge is -2.09. The van der Waals surface area contributed by atoms with Crippen molar-refractivity contribution >= 4 is 27.7 Å². The van der Waals surface area contributed by atoms with Crippen LogP contribution in [0.1, 0.15) is 11.1 Å². The third-order valence-electron chi connectivity index (χ3n) is 6.14. The quantitative estimate of drug-likeness (QED) is 0.284. The Hall–Kier alpha value is -4.43. The van der Waals surface area contributed by atoms with E-state index in [2.05, 4.69) is 72.8 Å². The maximum Gasteiger partial charge on any atom is 0.136 e. The van der Waals surface area contributed by atoms with Crippen molar-refractivity contribution in [3.05, 3.63) is 132 Å². The summed E-state index contributed by atoms with van der Waals surface area (Å²) in [6, 6.07) is 41.2. The van der Waals surface area contributed by atoms with E-state index >= 15 is 0 Å². The number of benzene rings is 5. The molecule has 6 aromatic rings. The van der Waals surface area contributed by atoms with Gasteiger partial charge in [0.1, 0.15) is 11.2 Å². The molecule has 156 valence electrons. The number of fused-ring (bicyclic) bond motifs is 3. The van der Waals surface area contributed by atoms with Gasteiger partial charge in [-0.25, -0.2) is 0 Å². The summed E-state index contributed by atoms with van der Waals surface area (Å²) in [5.41, 5.74) is 8.54. The lowest BCUT2D eigenvalue weighted by Crippen LogP contribution is -2.01. The van der Waals surface area contributed by atoms with Gasteiger partial charge in [-0.15, -0.1) is 0 Å². The molecule has 0 atom stereocenters. The molecule has 5 aromatic carbocycles. The Bertz CT molecular complexity index is 1610. The smallest absolute Gasteiger partial charge is 0.136 e. The van der Waals surface area contributed by atoms with Crippen LogP contribution in [0.5, 0.6) is 0 Å². The zero-order chi connectivity index (χ0) is 22.2. The fourth-order valence-electron chi connectivity index (χ4n) is 4.39. The van der Waals surface area contributed by atoms with Crippen LogP contribution >= 0.6 is 0 Å². The Morgan fingerprint density at radius 2 is 1.06 bits per heavy atom. The van der Waals surface area contributed by atoms with E-state index in [-0.39, 0.29) is 0 Å². The van der Waals surface area contributed by atoms with Crippen LogP contribution in [0.15, 0.2) is 126 Å². The number of para-hydroxylation sites is 1. The second kappa shape index (κ2) is 7.92. The van der Waals surface area contributed by atoms with E-state index < -0.39 is 0 Å². The topological polar surface area (TPSA) is 37.0 Å². The van der Waals surface area contributed by atoms with Crippen LogP contribution in [0, 0.1) is 5.41 Å². The predicted octanol–water partition coefficient (Wildman–Crippen LogP) is 8.34. The third-order valence-corrected chi connectivity index (χ3v) is 6.14. The molecule has 0 fully saturated rings. The normalized spacial score (nSPS) is 11.2. The van der Waals surface area contributed by atoms with Gasteiger partial charge in [0.15, 0.2) is 0 Å². The zero-order valence-electron chi connectivity index (χ0n) is 18.0. The molecule has 0 spiro atoms. The minimum absolute atomic E-state index is 0.486. The molecule has 2 nitrogen and oxygen atoms in total. The van der Waals surface area contributed by atoms with Gasteiger partial charge in [-0.2, -0.15) is 0 Å². The molecule has 1 heterocycles. The monoisotopic (exact) mass is 423 g/mol. The number of furan rings is 1. The molecule has 0 aliphatic heterocycles. The molecular formula is C31H21NO. The predicted molar refractivity (Wildman–Crippen MR) is 137 cm³/mol. The second-order valence-corrected chi connectivity index (χ2v) is 8.21. The highest BCUT2D eigenvalue weighted by atomic mass is 16.3. The first kappa shape index (κ1) is 19.3. The van der Waals surface area contributed by atoms with Gasteiger partial charge in [-0.3, -0.25) is 5.41 Å². The lowest BCUT2D eigenvalue weighted by molar-refractivity contribution is 0.669. The van der Waals surface area contributed by atoms with Crippen LogP contribution in [0.3, 0.4) is 0 Å². The first-order valence-corrected chi connectivity index (χ1v) is 11.0. The number of rotatable bonds is 4. The molecule has 0 amide bonds. The Labute approximate surface area is 192 Å². The molecule has 2 heteroatoms. The second-order valence-electron chi connectivity index (χ2n) is 8.21. The summed E-state index contributed by atoms with van der Waals surface area (Å²) in [6.07, 6.45) is 0. The Kier molecular flexibility index (Phi) is 4.63. The van der Waals surface area contributed by atoms with Gasteiger partial charge >= 0.3 is 0 Å². The summed E-state index contributed by atoms with van der Waals surface area (Å²) in [7, 11) is 0. The molecule has 0 saturated heterocycles. The van der Waals surface area contributed by atoms with Crippen molar-refractivity contribution in [1.29, 1.82) is 5.41 Å². The zero-order valence-corrected chi connectivity index (χ0v) is 18.0. The van der Waals surface area contributed by atoms with E-state index in [1.54, 1.807) is 0 Å². The molecule has 1 aromatic heterocycles.